The molecule has 2 nitrogen and oxygen atoms in total. The third-order valence-electron chi connectivity index (χ3n) is 0.587. The Balaban J connectivity index is 3.60. The molecule has 0 unspecified atom stereocenters. The van der Waals surface area contributed by atoms with Gasteiger partial charge in [-0.15, -0.1) is 0 Å². The number of carbonyl (C=O) groups excluding carboxylic acids is 1. The number of rotatable bonds is 1. The van der Waals surface area contributed by atoms with E-state index < -0.39 is 5.60 Å². The van der Waals surface area contributed by atoms with Gasteiger partial charge in [-0.3, -0.25) is 4.79 Å². The van der Waals surface area contributed by atoms with Gasteiger partial charge in [-0.2, -0.15) is 0 Å². The van der Waals surface area contributed by atoms with Crippen LogP contribution in [0.5, 0.6) is 0 Å². The Morgan fingerprint density at radius 2 is 2.00 bits per heavy atom. The summed E-state index contributed by atoms with van der Waals surface area (Å²) in [6.45, 7) is 5.42. The van der Waals surface area contributed by atoms with E-state index >= 15 is 0 Å². The minimum atomic E-state index is -0.406. The van der Waals surface area contributed by atoms with Gasteiger partial charge < -0.3 is 4.74 Å². The van der Waals surface area contributed by atoms with Gasteiger partial charge in [0.05, 0.1) is 7.85 Å². The Kier molecular flexibility index (Phi) is 2.75. The van der Waals surface area contributed by atoms with Crippen molar-refractivity contribution in [3.63, 3.8) is 0 Å². The fourth-order valence-electron chi connectivity index (χ4n) is 0.383. The Bertz CT molecular complexity index is 104. The van der Waals surface area contributed by atoms with E-state index in [4.69, 9.17) is 12.6 Å². The molecule has 9 heavy (non-hydrogen) atoms. The zero-order chi connectivity index (χ0) is 7.49. The maximum Gasteiger partial charge on any atom is 0.297 e. The summed E-state index contributed by atoms with van der Waals surface area (Å²) >= 11 is 0. The highest BCUT2D eigenvalue weighted by Gasteiger charge is 2.13. The number of carbonyl (C=O) groups is 1. The molecule has 0 amide bonds. The molecule has 0 rings (SSSR count). The van der Waals surface area contributed by atoms with Crippen LogP contribution in [0, 0.1) is 0 Å². The lowest BCUT2D eigenvalue weighted by atomic mass is 10.1. The van der Waals surface area contributed by atoms with Gasteiger partial charge in [0.1, 0.15) is 5.60 Å². The summed E-state index contributed by atoms with van der Waals surface area (Å²) in [6.07, 6.45) is -0.0444. The lowest BCUT2D eigenvalue weighted by Crippen LogP contribution is -2.23. The fraction of sp³-hybridized carbons (Fsp3) is 0.833. The smallest absolute Gasteiger partial charge is 0.297 e. The van der Waals surface area contributed by atoms with Crippen molar-refractivity contribution < 1.29 is 9.53 Å². The first-order valence-corrected chi connectivity index (χ1v) is 2.87. The number of ether oxygens (including phenoxy) is 1. The molecule has 0 aliphatic heterocycles. The van der Waals surface area contributed by atoms with Crippen molar-refractivity contribution in [2.45, 2.75) is 32.7 Å². The summed E-state index contributed by atoms with van der Waals surface area (Å²) in [6, 6.07) is 0. The molecule has 0 atom stereocenters. The van der Waals surface area contributed by atoms with E-state index in [-0.39, 0.29) is 12.3 Å². The fourth-order valence-corrected chi connectivity index (χ4v) is 0.383. The molecule has 0 fully saturated rings. The molecular weight excluding hydrogens is 115 g/mol. The van der Waals surface area contributed by atoms with Gasteiger partial charge in [-0.1, -0.05) is 0 Å². The quantitative estimate of drug-likeness (QED) is 0.385. The van der Waals surface area contributed by atoms with Crippen LogP contribution in [0.4, 0.5) is 0 Å². The van der Waals surface area contributed by atoms with Crippen molar-refractivity contribution in [1.29, 1.82) is 0 Å². The van der Waals surface area contributed by atoms with E-state index in [1.54, 1.807) is 20.8 Å². The van der Waals surface area contributed by atoms with Gasteiger partial charge in [0.25, 0.3) is 5.97 Å². The first-order chi connectivity index (χ1) is 3.95. The van der Waals surface area contributed by atoms with Gasteiger partial charge in [0.15, 0.2) is 0 Å². The average Bonchev–Trinajstić information content (AvgIpc) is 1.62. The summed E-state index contributed by atoms with van der Waals surface area (Å²) in [5.74, 6) is -0.359. The van der Waals surface area contributed by atoms with Gasteiger partial charge in [0, 0.05) is 6.32 Å². The Morgan fingerprint density at radius 3 is 2.11 bits per heavy atom. The molecule has 2 radical (unpaired) electrons. The predicted molar refractivity (Wildman–Crippen MR) is 36.4 cm³/mol. The van der Waals surface area contributed by atoms with Crippen molar-refractivity contribution in [2.75, 3.05) is 0 Å². The minimum Gasteiger partial charge on any atom is -0.460 e. The highest BCUT2D eigenvalue weighted by Crippen LogP contribution is 2.07. The van der Waals surface area contributed by atoms with Crippen molar-refractivity contribution in [3.05, 3.63) is 0 Å². The summed E-state index contributed by atoms with van der Waals surface area (Å²) in [5.41, 5.74) is -0.406. The second-order valence-electron chi connectivity index (χ2n) is 2.79. The molecule has 0 saturated heterocycles. The van der Waals surface area contributed by atoms with Crippen LogP contribution >= 0.6 is 0 Å². The first-order valence-electron chi connectivity index (χ1n) is 2.87. The van der Waals surface area contributed by atoms with Crippen LogP contribution in [-0.2, 0) is 9.53 Å². The lowest BCUT2D eigenvalue weighted by Gasteiger charge is -2.18. The minimum absolute atomic E-state index is 0.0444. The van der Waals surface area contributed by atoms with E-state index in [2.05, 4.69) is 0 Å². The van der Waals surface area contributed by atoms with Crippen LogP contribution in [0.2, 0.25) is 6.32 Å². The van der Waals surface area contributed by atoms with Crippen LogP contribution < -0.4 is 0 Å². The molecule has 0 spiro atoms. The first kappa shape index (κ1) is 8.53. The molecule has 0 aromatic rings. The van der Waals surface area contributed by atoms with E-state index in [0.717, 1.165) is 0 Å². The van der Waals surface area contributed by atoms with E-state index in [0.29, 0.717) is 0 Å². The summed E-state index contributed by atoms with van der Waals surface area (Å²) in [7, 11) is 5.00. The van der Waals surface area contributed by atoms with Gasteiger partial charge in [-0.25, -0.2) is 0 Å². The number of hydrogen-bond donors (Lipinski definition) is 0. The lowest BCUT2D eigenvalue weighted by molar-refractivity contribution is -0.151. The molecule has 0 aromatic carbocycles. The van der Waals surface area contributed by atoms with Crippen LogP contribution in [0.3, 0.4) is 0 Å². The second kappa shape index (κ2) is 2.90. The van der Waals surface area contributed by atoms with E-state index in [1.165, 1.54) is 0 Å². The molecule has 3 heteroatoms. The second-order valence-corrected chi connectivity index (χ2v) is 2.79. The number of hydrogen-bond acceptors (Lipinski definition) is 2. The maximum atomic E-state index is 10.5. The standard InChI is InChI=1S/C6H11BO2/c1-6(2,3)9-5(8)4-7/h4H2,1-3H3. The zero-order valence-electron chi connectivity index (χ0n) is 6.10. The summed E-state index contributed by atoms with van der Waals surface area (Å²) in [5, 5.41) is 0. The van der Waals surface area contributed by atoms with Crippen molar-refractivity contribution in [1.82, 2.24) is 0 Å². The Morgan fingerprint density at radius 1 is 1.56 bits per heavy atom. The SMILES string of the molecule is [B]CC(=O)OC(C)(C)C. The number of esters is 1. The monoisotopic (exact) mass is 126 g/mol. The molecule has 0 aliphatic rings. The Hall–Kier alpha value is -0.465. The average molecular weight is 126 g/mol. The predicted octanol–water partition coefficient (Wildman–Crippen LogP) is 0.915. The maximum absolute atomic E-state index is 10.5. The van der Waals surface area contributed by atoms with Crippen molar-refractivity contribution >= 4 is 13.8 Å². The summed E-state index contributed by atoms with van der Waals surface area (Å²) < 4.78 is 4.82. The van der Waals surface area contributed by atoms with E-state index in [1.807, 2.05) is 0 Å². The largest absolute Gasteiger partial charge is 0.460 e. The normalized spacial score (nSPS) is 11.0. The highest BCUT2D eigenvalue weighted by molar-refractivity contribution is 6.18. The zero-order valence-corrected chi connectivity index (χ0v) is 6.10. The van der Waals surface area contributed by atoms with Crippen molar-refractivity contribution in [3.8, 4) is 0 Å². The van der Waals surface area contributed by atoms with Crippen LogP contribution in [0.1, 0.15) is 20.8 Å². The molecule has 0 aliphatic carbocycles. The molecule has 0 bridgehead atoms. The molecule has 0 heterocycles. The molecule has 0 saturated carbocycles. The highest BCUT2D eigenvalue weighted by atomic mass is 16.6. The molecule has 50 valence electrons. The van der Waals surface area contributed by atoms with Gasteiger partial charge >= 0.3 is 0 Å². The van der Waals surface area contributed by atoms with Crippen LogP contribution in [0.25, 0.3) is 0 Å². The van der Waals surface area contributed by atoms with Gasteiger partial charge in [0.2, 0.25) is 0 Å². The van der Waals surface area contributed by atoms with E-state index in [9.17, 15) is 4.79 Å². The van der Waals surface area contributed by atoms with Crippen molar-refractivity contribution in [2.24, 2.45) is 0 Å². The van der Waals surface area contributed by atoms with Crippen LogP contribution in [0.15, 0.2) is 0 Å². The van der Waals surface area contributed by atoms with Crippen LogP contribution in [-0.4, -0.2) is 19.4 Å². The third kappa shape index (κ3) is 5.41. The molecule has 0 aromatic heterocycles. The topological polar surface area (TPSA) is 26.3 Å². The third-order valence-corrected chi connectivity index (χ3v) is 0.587. The Labute approximate surface area is 57.0 Å². The molecular formula is C6H11BO2. The van der Waals surface area contributed by atoms with Gasteiger partial charge in [-0.05, 0) is 20.8 Å². The molecule has 0 N–H and O–H groups in total. The summed E-state index contributed by atoms with van der Waals surface area (Å²) in [4.78, 5) is 10.5.